The van der Waals surface area contributed by atoms with E-state index >= 15 is 0 Å². The fourth-order valence-corrected chi connectivity index (χ4v) is 1.29. The molecule has 0 radical (unpaired) electrons. The van der Waals surface area contributed by atoms with E-state index in [0.717, 1.165) is 5.56 Å². The number of aromatic nitrogens is 1. The Kier molecular flexibility index (Phi) is 1.89. The van der Waals surface area contributed by atoms with Gasteiger partial charge in [0.05, 0.1) is 11.3 Å². The molecule has 0 atom stereocenters. The Hall–Kier alpha value is -1.97. The third-order valence-corrected chi connectivity index (χ3v) is 2.06. The zero-order chi connectivity index (χ0) is 10.1. The summed E-state index contributed by atoms with van der Waals surface area (Å²) in [7, 11) is 0. The first-order chi connectivity index (χ1) is 6.68. The topological polar surface area (TPSA) is 66.2 Å². The van der Waals surface area contributed by atoms with Gasteiger partial charge < -0.3 is 9.63 Å². The second-order valence-corrected chi connectivity index (χ2v) is 3.04. The molecule has 1 aromatic heterocycles. The number of hydrogen-bond donors (Lipinski definition) is 2. The largest absolute Gasteiger partial charge is 0.508 e. The summed E-state index contributed by atoms with van der Waals surface area (Å²) in [6, 6.07) is 6.62. The van der Waals surface area contributed by atoms with Crippen molar-refractivity contribution in [2.24, 2.45) is 0 Å². The normalized spacial score (nSPS) is 10.4. The molecular weight excluding hydrogens is 182 g/mol. The Morgan fingerprint density at radius 2 is 2.21 bits per heavy atom. The van der Waals surface area contributed by atoms with Gasteiger partial charge in [-0.05, 0) is 19.1 Å². The van der Waals surface area contributed by atoms with E-state index in [0.29, 0.717) is 11.3 Å². The number of aromatic amines is 1. The van der Waals surface area contributed by atoms with Gasteiger partial charge in [-0.1, -0.05) is 12.1 Å². The van der Waals surface area contributed by atoms with Crippen LogP contribution in [0.3, 0.4) is 0 Å². The first kappa shape index (κ1) is 8.62. The molecular formula is C10H9NO3. The lowest BCUT2D eigenvalue weighted by molar-refractivity contribution is 0.392. The molecule has 1 aromatic carbocycles. The van der Waals surface area contributed by atoms with E-state index in [1.165, 1.54) is 0 Å². The van der Waals surface area contributed by atoms with Crippen LogP contribution in [-0.4, -0.2) is 10.3 Å². The highest BCUT2D eigenvalue weighted by Crippen LogP contribution is 2.22. The van der Waals surface area contributed by atoms with Crippen LogP contribution in [0.5, 0.6) is 5.75 Å². The molecule has 4 nitrogen and oxygen atoms in total. The average molecular weight is 191 g/mol. The van der Waals surface area contributed by atoms with E-state index in [1.54, 1.807) is 31.2 Å². The molecule has 0 bridgehead atoms. The number of nitrogens with one attached hydrogen (secondary N) is 1. The zero-order valence-electron chi connectivity index (χ0n) is 7.57. The van der Waals surface area contributed by atoms with Gasteiger partial charge in [-0.15, -0.1) is 0 Å². The van der Waals surface area contributed by atoms with E-state index in [9.17, 15) is 9.90 Å². The van der Waals surface area contributed by atoms with Crippen LogP contribution in [0.15, 0.2) is 33.6 Å². The summed E-state index contributed by atoms with van der Waals surface area (Å²) >= 11 is 0. The number of hydrogen-bond acceptors (Lipinski definition) is 3. The molecule has 0 amide bonds. The van der Waals surface area contributed by atoms with Crippen molar-refractivity contribution in [3.63, 3.8) is 0 Å². The van der Waals surface area contributed by atoms with Crippen LogP contribution in [0.4, 0.5) is 0 Å². The highest BCUT2D eigenvalue weighted by Gasteiger charge is 2.08. The summed E-state index contributed by atoms with van der Waals surface area (Å²) in [6.07, 6.45) is 0. The van der Waals surface area contributed by atoms with Gasteiger partial charge in [0.25, 0.3) is 0 Å². The lowest BCUT2D eigenvalue weighted by atomic mass is 10.1. The molecule has 0 fully saturated rings. The first-order valence-corrected chi connectivity index (χ1v) is 4.16. The van der Waals surface area contributed by atoms with Gasteiger partial charge in [0.2, 0.25) is 0 Å². The molecule has 1 heterocycles. The molecule has 0 aliphatic rings. The molecule has 2 rings (SSSR count). The van der Waals surface area contributed by atoms with Crippen LogP contribution in [0, 0.1) is 6.92 Å². The van der Waals surface area contributed by atoms with Gasteiger partial charge in [0, 0.05) is 5.56 Å². The highest BCUT2D eigenvalue weighted by atomic mass is 16.5. The van der Waals surface area contributed by atoms with E-state index < -0.39 is 0 Å². The van der Waals surface area contributed by atoms with Gasteiger partial charge in [0.1, 0.15) is 5.75 Å². The number of H-pyrrole nitrogens is 1. The summed E-state index contributed by atoms with van der Waals surface area (Å²) in [5, 5.41) is 11.8. The molecule has 2 N–H and O–H groups in total. The van der Waals surface area contributed by atoms with Crippen molar-refractivity contribution < 1.29 is 9.63 Å². The Balaban J connectivity index is 2.60. The first-order valence-electron chi connectivity index (χ1n) is 4.16. The van der Waals surface area contributed by atoms with E-state index in [2.05, 4.69) is 9.68 Å². The lowest BCUT2D eigenvalue weighted by Gasteiger charge is -1.98. The van der Waals surface area contributed by atoms with Crippen molar-refractivity contribution >= 4 is 0 Å². The molecule has 0 aliphatic carbocycles. The lowest BCUT2D eigenvalue weighted by Crippen LogP contribution is -1.95. The monoisotopic (exact) mass is 191 g/mol. The SMILES string of the molecule is Cc1c(-c2cccc(O)c2)[nH]oc1=O. The number of phenolic OH excluding ortho intramolecular Hbond substituents is 1. The number of rotatable bonds is 1. The summed E-state index contributed by atoms with van der Waals surface area (Å²) in [5.74, 6) is 0.156. The van der Waals surface area contributed by atoms with Crippen molar-refractivity contribution in [2.45, 2.75) is 6.92 Å². The maximum absolute atomic E-state index is 11.0. The number of phenols is 1. The van der Waals surface area contributed by atoms with Gasteiger partial charge in [-0.3, -0.25) is 0 Å². The fourth-order valence-electron chi connectivity index (χ4n) is 1.29. The molecule has 0 unspecified atom stereocenters. The molecule has 2 aromatic rings. The summed E-state index contributed by atoms with van der Waals surface area (Å²) < 4.78 is 4.63. The molecule has 0 aliphatic heterocycles. The van der Waals surface area contributed by atoms with Crippen molar-refractivity contribution in [3.8, 4) is 17.0 Å². The Morgan fingerprint density at radius 3 is 2.79 bits per heavy atom. The van der Waals surface area contributed by atoms with Crippen LogP contribution in [-0.2, 0) is 0 Å². The van der Waals surface area contributed by atoms with E-state index in [4.69, 9.17) is 0 Å². The predicted molar refractivity (Wildman–Crippen MR) is 51.2 cm³/mol. The Morgan fingerprint density at radius 1 is 1.43 bits per heavy atom. The van der Waals surface area contributed by atoms with Crippen molar-refractivity contribution in [3.05, 3.63) is 40.2 Å². The third-order valence-electron chi connectivity index (χ3n) is 2.06. The van der Waals surface area contributed by atoms with Gasteiger partial charge in [-0.25, -0.2) is 9.95 Å². The number of benzene rings is 1. The minimum Gasteiger partial charge on any atom is -0.508 e. The van der Waals surface area contributed by atoms with E-state index in [1.807, 2.05) is 0 Å². The van der Waals surface area contributed by atoms with Gasteiger partial charge in [0.15, 0.2) is 0 Å². The van der Waals surface area contributed by atoms with Gasteiger partial charge >= 0.3 is 5.63 Å². The average Bonchev–Trinajstić information content (AvgIpc) is 2.48. The maximum Gasteiger partial charge on any atom is 0.360 e. The summed E-state index contributed by atoms with van der Waals surface area (Å²) in [6.45, 7) is 1.67. The van der Waals surface area contributed by atoms with E-state index in [-0.39, 0.29) is 11.4 Å². The van der Waals surface area contributed by atoms with Crippen LogP contribution in [0.2, 0.25) is 0 Å². The molecule has 0 saturated carbocycles. The summed E-state index contributed by atoms with van der Waals surface area (Å²) in [5.41, 5.74) is 1.46. The fraction of sp³-hybridized carbons (Fsp3) is 0.100. The minimum atomic E-state index is -0.386. The molecule has 72 valence electrons. The maximum atomic E-state index is 11.0. The second-order valence-electron chi connectivity index (χ2n) is 3.04. The quantitative estimate of drug-likeness (QED) is 0.720. The number of aromatic hydroxyl groups is 1. The predicted octanol–water partition coefficient (Wildman–Crippen LogP) is 1.65. The summed E-state index contributed by atoms with van der Waals surface area (Å²) in [4.78, 5) is 11.0. The van der Waals surface area contributed by atoms with Gasteiger partial charge in [-0.2, -0.15) is 0 Å². The highest BCUT2D eigenvalue weighted by molar-refractivity contribution is 5.63. The van der Waals surface area contributed by atoms with Crippen LogP contribution >= 0.6 is 0 Å². The Labute approximate surface area is 79.8 Å². The second kappa shape index (κ2) is 3.06. The third kappa shape index (κ3) is 1.31. The molecule has 0 spiro atoms. The Bertz CT molecular complexity index is 510. The van der Waals surface area contributed by atoms with Crippen LogP contribution in [0.25, 0.3) is 11.3 Å². The standard InChI is InChI=1S/C10H9NO3/c1-6-9(11-14-10(6)13)7-3-2-4-8(12)5-7/h2-5,11-12H,1H3. The molecule has 4 heteroatoms. The molecule has 14 heavy (non-hydrogen) atoms. The smallest absolute Gasteiger partial charge is 0.360 e. The zero-order valence-corrected chi connectivity index (χ0v) is 7.57. The van der Waals surface area contributed by atoms with Crippen LogP contribution < -0.4 is 5.63 Å². The van der Waals surface area contributed by atoms with Crippen molar-refractivity contribution in [1.29, 1.82) is 0 Å². The van der Waals surface area contributed by atoms with Crippen LogP contribution in [0.1, 0.15) is 5.56 Å². The molecule has 0 saturated heterocycles. The van der Waals surface area contributed by atoms with Crippen molar-refractivity contribution in [1.82, 2.24) is 5.16 Å². The minimum absolute atomic E-state index is 0.156. The van der Waals surface area contributed by atoms with Crippen molar-refractivity contribution in [2.75, 3.05) is 0 Å².